The van der Waals surface area contributed by atoms with Crippen LogP contribution in [-0.4, -0.2) is 11.8 Å². The van der Waals surface area contributed by atoms with Crippen molar-refractivity contribution >= 4 is 11.8 Å². The molecule has 0 spiro atoms. The lowest BCUT2D eigenvalue weighted by atomic mass is 10.0. The Kier molecular flexibility index (Phi) is 4.83. The van der Waals surface area contributed by atoms with Crippen molar-refractivity contribution in [1.29, 1.82) is 0 Å². The van der Waals surface area contributed by atoms with E-state index in [0.717, 1.165) is 11.1 Å². The van der Waals surface area contributed by atoms with E-state index in [1.165, 1.54) is 6.07 Å². The second kappa shape index (κ2) is 7.05. The summed E-state index contributed by atoms with van der Waals surface area (Å²) in [5.41, 5.74) is 1.52. The summed E-state index contributed by atoms with van der Waals surface area (Å²) >= 11 is 0. The number of halogens is 1. The lowest BCUT2D eigenvalue weighted by molar-refractivity contribution is -0.137. The van der Waals surface area contributed by atoms with E-state index < -0.39 is 5.41 Å². The van der Waals surface area contributed by atoms with Gasteiger partial charge in [0.25, 0.3) is 0 Å². The van der Waals surface area contributed by atoms with Crippen LogP contribution in [0.3, 0.4) is 0 Å². The van der Waals surface area contributed by atoms with Gasteiger partial charge in [0.1, 0.15) is 11.2 Å². The highest BCUT2D eigenvalue weighted by Gasteiger charge is 2.56. The third-order valence-electron chi connectivity index (χ3n) is 4.72. The number of carbonyl (C=O) groups excluding carboxylic acids is 2. The largest absolute Gasteiger partial charge is 0.351 e. The Balaban J connectivity index is 1.57. The van der Waals surface area contributed by atoms with Gasteiger partial charge in [0.15, 0.2) is 0 Å². The molecule has 4 nitrogen and oxygen atoms in total. The maximum absolute atomic E-state index is 13.6. The molecule has 2 aromatic carbocycles. The zero-order valence-corrected chi connectivity index (χ0v) is 14.1. The first-order chi connectivity index (χ1) is 12.0. The lowest BCUT2D eigenvalue weighted by Gasteiger charge is -2.16. The molecule has 1 aliphatic rings. The Morgan fingerprint density at radius 3 is 2.00 bits per heavy atom. The topological polar surface area (TPSA) is 58.2 Å². The van der Waals surface area contributed by atoms with Crippen LogP contribution in [0, 0.1) is 18.2 Å². The van der Waals surface area contributed by atoms with E-state index in [0.29, 0.717) is 24.9 Å². The Morgan fingerprint density at radius 1 is 0.920 bits per heavy atom. The van der Waals surface area contributed by atoms with Gasteiger partial charge >= 0.3 is 0 Å². The van der Waals surface area contributed by atoms with E-state index in [1.54, 1.807) is 18.2 Å². The third kappa shape index (κ3) is 3.71. The van der Waals surface area contributed by atoms with Crippen molar-refractivity contribution < 1.29 is 14.0 Å². The molecule has 2 N–H and O–H groups in total. The molecule has 2 aromatic rings. The number of rotatable bonds is 6. The molecule has 0 atom stereocenters. The summed E-state index contributed by atoms with van der Waals surface area (Å²) in [5, 5.41) is 5.55. The van der Waals surface area contributed by atoms with Gasteiger partial charge < -0.3 is 10.6 Å². The SMILES string of the molecule is Cc1ccccc1CNC(=O)C1(C(=O)NCc2ccccc2F)CC1. The summed E-state index contributed by atoms with van der Waals surface area (Å²) < 4.78 is 13.6. The number of carbonyl (C=O) groups is 2. The Hall–Kier alpha value is -2.69. The fourth-order valence-corrected chi connectivity index (χ4v) is 2.82. The molecule has 0 saturated heterocycles. The average Bonchev–Trinajstić information content (AvgIpc) is 3.42. The standard InChI is InChI=1S/C20H21FN2O2/c1-14-6-2-3-7-15(14)12-22-18(24)20(10-11-20)19(25)23-13-16-8-4-5-9-17(16)21/h2-9H,10-13H2,1H3,(H,22,24)(H,23,25). The molecule has 130 valence electrons. The average molecular weight is 340 g/mol. The number of amides is 2. The minimum absolute atomic E-state index is 0.0817. The lowest BCUT2D eigenvalue weighted by Crippen LogP contribution is -2.42. The summed E-state index contributed by atoms with van der Waals surface area (Å²) in [6.07, 6.45) is 1.05. The fraction of sp³-hybridized carbons (Fsp3) is 0.300. The van der Waals surface area contributed by atoms with Crippen LogP contribution in [0.25, 0.3) is 0 Å². The Bertz CT molecular complexity index is 736. The van der Waals surface area contributed by atoms with Gasteiger partial charge in [-0.2, -0.15) is 0 Å². The Morgan fingerprint density at radius 2 is 1.44 bits per heavy atom. The molecule has 1 saturated carbocycles. The maximum atomic E-state index is 13.6. The van der Waals surface area contributed by atoms with Crippen LogP contribution < -0.4 is 10.6 Å². The van der Waals surface area contributed by atoms with Gasteiger partial charge in [0, 0.05) is 18.7 Å². The number of nitrogens with one attached hydrogen (secondary N) is 2. The highest BCUT2D eigenvalue weighted by molar-refractivity contribution is 6.07. The summed E-state index contributed by atoms with van der Waals surface area (Å²) in [5.74, 6) is -0.962. The first-order valence-electron chi connectivity index (χ1n) is 8.37. The van der Waals surface area contributed by atoms with Crippen molar-refractivity contribution in [1.82, 2.24) is 10.6 Å². The van der Waals surface area contributed by atoms with Crippen LogP contribution in [0.4, 0.5) is 4.39 Å². The van der Waals surface area contributed by atoms with Crippen molar-refractivity contribution in [3.63, 3.8) is 0 Å². The molecule has 25 heavy (non-hydrogen) atoms. The zero-order chi connectivity index (χ0) is 17.9. The van der Waals surface area contributed by atoms with E-state index in [1.807, 2.05) is 31.2 Å². The van der Waals surface area contributed by atoms with Crippen molar-refractivity contribution in [2.45, 2.75) is 32.9 Å². The van der Waals surface area contributed by atoms with Crippen molar-refractivity contribution in [3.8, 4) is 0 Å². The van der Waals surface area contributed by atoms with Crippen LogP contribution in [0.15, 0.2) is 48.5 Å². The Labute approximate surface area is 146 Å². The van der Waals surface area contributed by atoms with E-state index >= 15 is 0 Å². The molecule has 1 aliphatic carbocycles. The second-order valence-electron chi connectivity index (χ2n) is 6.47. The van der Waals surface area contributed by atoms with E-state index in [2.05, 4.69) is 10.6 Å². The highest BCUT2D eigenvalue weighted by Crippen LogP contribution is 2.46. The monoisotopic (exact) mass is 340 g/mol. The molecular formula is C20H21FN2O2. The van der Waals surface area contributed by atoms with E-state index in [-0.39, 0.29) is 24.2 Å². The molecular weight excluding hydrogens is 319 g/mol. The minimum atomic E-state index is -1.01. The third-order valence-corrected chi connectivity index (χ3v) is 4.72. The minimum Gasteiger partial charge on any atom is -0.351 e. The molecule has 3 rings (SSSR count). The van der Waals surface area contributed by atoms with Crippen molar-refractivity contribution in [2.24, 2.45) is 5.41 Å². The van der Waals surface area contributed by atoms with Gasteiger partial charge in [-0.15, -0.1) is 0 Å². The van der Waals surface area contributed by atoms with Gasteiger partial charge in [-0.1, -0.05) is 42.5 Å². The molecule has 0 bridgehead atoms. The van der Waals surface area contributed by atoms with Crippen LogP contribution >= 0.6 is 0 Å². The zero-order valence-electron chi connectivity index (χ0n) is 14.1. The van der Waals surface area contributed by atoms with Gasteiger partial charge in [-0.25, -0.2) is 4.39 Å². The summed E-state index contributed by atoms with van der Waals surface area (Å²) in [6.45, 7) is 2.46. The van der Waals surface area contributed by atoms with Crippen LogP contribution in [0.2, 0.25) is 0 Å². The number of hydrogen-bond acceptors (Lipinski definition) is 2. The van der Waals surface area contributed by atoms with Gasteiger partial charge in [0.2, 0.25) is 11.8 Å². The van der Waals surface area contributed by atoms with E-state index in [9.17, 15) is 14.0 Å². The predicted molar refractivity (Wildman–Crippen MR) is 92.9 cm³/mol. The van der Waals surface area contributed by atoms with Crippen LogP contribution in [-0.2, 0) is 22.7 Å². The molecule has 1 fully saturated rings. The molecule has 0 aliphatic heterocycles. The van der Waals surface area contributed by atoms with Crippen LogP contribution in [0.5, 0.6) is 0 Å². The maximum Gasteiger partial charge on any atom is 0.235 e. The number of benzene rings is 2. The van der Waals surface area contributed by atoms with Crippen molar-refractivity contribution in [3.05, 3.63) is 71.0 Å². The summed E-state index contributed by atoms with van der Waals surface area (Å²) in [6, 6.07) is 14.1. The highest BCUT2D eigenvalue weighted by atomic mass is 19.1. The molecule has 0 heterocycles. The molecule has 5 heteroatoms. The smallest absolute Gasteiger partial charge is 0.235 e. The molecule has 0 aromatic heterocycles. The van der Waals surface area contributed by atoms with Gasteiger partial charge in [-0.05, 0) is 37.0 Å². The fourth-order valence-electron chi connectivity index (χ4n) is 2.82. The molecule has 0 radical (unpaired) electrons. The quantitative estimate of drug-likeness (QED) is 0.795. The number of hydrogen-bond donors (Lipinski definition) is 2. The molecule has 0 unspecified atom stereocenters. The number of aryl methyl sites for hydroxylation is 1. The van der Waals surface area contributed by atoms with Gasteiger partial charge in [0.05, 0.1) is 0 Å². The van der Waals surface area contributed by atoms with E-state index in [4.69, 9.17) is 0 Å². The van der Waals surface area contributed by atoms with Crippen molar-refractivity contribution in [2.75, 3.05) is 0 Å². The summed E-state index contributed by atoms with van der Waals surface area (Å²) in [7, 11) is 0. The normalized spacial score (nSPS) is 14.6. The summed E-state index contributed by atoms with van der Waals surface area (Å²) in [4.78, 5) is 24.9. The first-order valence-corrected chi connectivity index (χ1v) is 8.37. The second-order valence-corrected chi connectivity index (χ2v) is 6.47. The van der Waals surface area contributed by atoms with Gasteiger partial charge in [-0.3, -0.25) is 9.59 Å². The first kappa shape index (κ1) is 17.1. The molecule has 2 amide bonds. The van der Waals surface area contributed by atoms with Crippen LogP contribution in [0.1, 0.15) is 29.5 Å². The predicted octanol–water partition coefficient (Wildman–Crippen LogP) is 2.85.